The van der Waals surface area contributed by atoms with E-state index in [9.17, 15) is 0 Å². The molecule has 0 fully saturated rings. The second kappa shape index (κ2) is 12.5. The van der Waals surface area contributed by atoms with Crippen molar-refractivity contribution >= 4 is 43.8 Å². The van der Waals surface area contributed by atoms with Gasteiger partial charge in [-0.15, -0.1) is 0 Å². The van der Waals surface area contributed by atoms with Crippen molar-refractivity contribution in [1.29, 1.82) is 0 Å². The number of para-hydroxylation sites is 2. The topological polar surface area (TPSA) is 17.8 Å². The van der Waals surface area contributed by atoms with Crippen molar-refractivity contribution < 1.29 is 0 Å². The molecule has 0 atom stereocenters. The van der Waals surface area contributed by atoms with Crippen molar-refractivity contribution in [3.8, 4) is 44.8 Å². The molecule has 0 saturated carbocycles. The number of rotatable bonds is 4. The number of hydrogen-bond acceptors (Lipinski definition) is 1. The second-order valence-electron chi connectivity index (χ2n) is 18.1. The molecule has 0 unspecified atom stereocenters. The van der Waals surface area contributed by atoms with E-state index in [1.165, 1.54) is 88.4 Å². The lowest BCUT2D eigenvalue weighted by Crippen LogP contribution is -2.17. The molecule has 2 heteroatoms. The van der Waals surface area contributed by atoms with Crippen molar-refractivity contribution in [1.82, 2.24) is 9.55 Å². The Morgan fingerprint density at radius 3 is 1.90 bits per heavy atom. The minimum absolute atomic E-state index is 0.0380. The zero-order valence-corrected chi connectivity index (χ0v) is 34.2. The van der Waals surface area contributed by atoms with Crippen LogP contribution in [0.4, 0.5) is 0 Å². The van der Waals surface area contributed by atoms with Crippen LogP contribution in [0, 0.1) is 0 Å². The monoisotopic (exact) mass is 758 g/mol. The largest absolute Gasteiger partial charge is 0.293 e. The van der Waals surface area contributed by atoms with Gasteiger partial charge in [-0.05, 0) is 151 Å². The summed E-state index contributed by atoms with van der Waals surface area (Å²) in [4.78, 5) is 5.25. The van der Waals surface area contributed by atoms with E-state index in [0.717, 1.165) is 48.1 Å². The van der Waals surface area contributed by atoms with Crippen LogP contribution in [0.1, 0.15) is 75.6 Å². The third kappa shape index (κ3) is 4.90. The Morgan fingerprint density at radius 1 is 0.508 bits per heavy atom. The molecule has 7 aromatic carbocycles. The van der Waals surface area contributed by atoms with Crippen molar-refractivity contribution in [2.24, 2.45) is 0 Å². The molecule has 1 heterocycles. The molecular formula is C57H46N2. The van der Waals surface area contributed by atoms with Gasteiger partial charge in [0.1, 0.15) is 5.82 Å². The molecule has 12 rings (SSSR count). The third-order valence-corrected chi connectivity index (χ3v) is 14.1. The average Bonchev–Trinajstić information content (AvgIpc) is 3.85. The lowest BCUT2D eigenvalue weighted by Gasteiger charge is -2.27. The van der Waals surface area contributed by atoms with Crippen LogP contribution in [-0.4, -0.2) is 9.55 Å². The molecule has 2 nitrogen and oxygen atoms in total. The number of allylic oxidation sites excluding steroid dienone is 8. The summed E-state index contributed by atoms with van der Waals surface area (Å²) in [7, 11) is 0. The quantitative estimate of drug-likeness (QED) is 0.163. The molecule has 0 radical (unpaired) electrons. The van der Waals surface area contributed by atoms with Crippen LogP contribution < -0.4 is 0 Å². The van der Waals surface area contributed by atoms with Crippen LogP contribution in [0.3, 0.4) is 0 Å². The Kier molecular flexibility index (Phi) is 7.31. The zero-order chi connectivity index (χ0) is 39.6. The van der Waals surface area contributed by atoms with Crippen molar-refractivity contribution in [3.63, 3.8) is 0 Å². The molecule has 0 amide bonds. The summed E-state index contributed by atoms with van der Waals surface area (Å²) in [5, 5.41) is 5.24. The maximum atomic E-state index is 5.25. The van der Waals surface area contributed by atoms with Crippen LogP contribution in [-0.2, 0) is 10.8 Å². The molecule has 0 saturated heterocycles. The summed E-state index contributed by atoms with van der Waals surface area (Å²) in [5.74, 6) is 0.977. The molecule has 8 aromatic rings. The Hall–Kier alpha value is -6.51. The highest BCUT2D eigenvalue weighted by molar-refractivity contribution is 6.23. The number of benzene rings is 7. The van der Waals surface area contributed by atoms with E-state index in [1.807, 2.05) is 0 Å². The number of aromatic nitrogens is 2. The normalized spacial score (nSPS) is 17.1. The Morgan fingerprint density at radius 2 is 1.14 bits per heavy atom. The molecule has 284 valence electrons. The lowest BCUT2D eigenvalue weighted by molar-refractivity contribution is 0.608. The van der Waals surface area contributed by atoms with E-state index < -0.39 is 0 Å². The maximum absolute atomic E-state index is 5.25. The molecule has 0 N–H and O–H groups in total. The van der Waals surface area contributed by atoms with Crippen LogP contribution in [0.15, 0.2) is 163 Å². The van der Waals surface area contributed by atoms with E-state index in [1.54, 1.807) is 5.57 Å². The first kappa shape index (κ1) is 34.5. The predicted molar refractivity (Wildman–Crippen MR) is 250 cm³/mol. The Labute approximate surface area is 346 Å². The van der Waals surface area contributed by atoms with Gasteiger partial charge in [0.05, 0.1) is 11.0 Å². The van der Waals surface area contributed by atoms with Gasteiger partial charge in [0, 0.05) is 22.1 Å². The maximum Gasteiger partial charge on any atom is 0.145 e. The highest BCUT2D eigenvalue weighted by Crippen LogP contribution is 2.56. The summed E-state index contributed by atoms with van der Waals surface area (Å²) in [6, 6.07) is 48.3. The van der Waals surface area contributed by atoms with Gasteiger partial charge in [0.15, 0.2) is 0 Å². The van der Waals surface area contributed by atoms with E-state index in [-0.39, 0.29) is 10.8 Å². The molecule has 4 aliphatic carbocycles. The van der Waals surface area contributed by atoms with Gasteiger partial charge in [-0.3, -0.25) is 4.57 Å². The minimum atomic E-state index is -0.126. The van der Waals surface area contributed by atoms with E-state index in [0.29, 0.717) is 0 Å². The van der Waals surface area contributed by atoms with Crippen molar-refractivity contribution in [3.05, 3.63) is 186 Å². The van der Waals surface area contributed by atoms with Crippen molar-refractivity contribution in [2.45, 2.75) is 64.2 Å². The first-order valence-electron chi connectivity index (χ1n) is 21.4. The Bertz CT molecular complexity index is 3230. The van der Waals surface area contributed by atoms with Gasteiger partial charge in [-0.2, -0.15) is 0 Å². The zero-order valence-electron chi connectivity index (χ0n) is 34.2. The molecule has 0 aliphatic heterocycles. The Balaban J connectivity index is 1.17. The standard InChI is InChI=1S/C57H46N2/c1-56(2)48-24-14-12-22-40(48)42-32-44-45(33-49(42)56)53(35-17-7-5-8-18-35)43-31-41-39-21-11-13-23-47(39)57(3,4)50(41)34-46(43)54(44)36-27-29-37(30-28-36)55-58-51-25-15-16-26-52(51)59(55)38-19-9-6-10-20-38/h5,7-9,11-13,15-23,25-34H,6,10,14,24H2,1-4H3. The molecule has 4 aliphatic rings. The minimum Gasteiger partial charge on any atom is -0.293 e. The molecule has 0 bridgehead atoms. The number of nitrogens with zero attached hydrogens (tertiary/aromatic N) is 2. The number of imidazole rings is 1. The van der Waals surface area contributed by atoms with Crippen LogP contribution in [0.5, 0.6) is 0 Å². The lowest BCUT2D eigenvalue weighted by atomic mass is 9.76. The summed E-state index contributed by atoms with van der Waals surface area (Å²) >= 11 is 0. The van der Waals surface area contributed by atoms with E-state index >= 15 is 0 Å². The smallest absolute Gasteiger partial charge is 0.145 e. The van der Waals surface area contributed by atoms with Gasteiger partial charge in [-0.1, -0.05) is 149 Å². The second-order valence-corrected chi connectivity index (χ2v) is 18.1. The first-order chi connectivity index (χ1) is 28.8. The highest BCUT2D eigenvalue weighted by Gasteiger charge is 2.39. The van der Waals surface area contributed by atoms with Crippen molar-refractivity contribution in [2.75, 3.05) is 0 Å². The summed E-state index contributed by atoms with van der Waals surface area (Å²) in [6.07, 6.45) is 16.0. The van der Waals surface area contributed by atoms with Gasteiger partial charge in [-0.25, -0.2) is 4.98 Å². The van der Waals surface area contributed by atoms with Gasteiger partial charge < -0.3 is 0 Å². The predicted octanol–water partition coefficient (Wildman–Crippen LogP) is 15.2. The molecule has 59 heavy (non-hydrogen) atoms. The van der Waals surface area contributed by atoms with Gasteiger partial charge >= 0.3 is 0 Å². The molecule has 1 aromatic heterocycles. The highest BCUT2D eigenvalue weighted by atomic mass is 15.1. The molecule has 0 spiro atoms. The van der Waals surface area contributed by atoms with Gasteiger partial charge in [0.25, 0.3) is 0 Å². The summed E-state index contributed by atoms with van der Waals surface area (Å²) in [5.41, 5.74) is 20.7. The number of hydrogen-bond donors (Lipinski definition) is 0. The summed E-state index contributed by atoms with van der Waals surface area (Å²) < 4.78 is 2.34. The van der Waals surface area contributed by atoms with Crippen LogP contribution in [0.2, 0.25) is 0 Å². The summed E-state index contributed by atoms with van der Waals surface area (Å²) in [6.45, 7) is 9.69. The average molecular weight is 759 g/mol. The fraction of sp³-hybridized carbons (Fsp3) is 0.175. The fourth-order valence-electron chi connectivity index (χ4n) is 11.2. The van der Waals surface area contributed by atoms with Crippen LogP contribution >= 0.6 is 0 Å². The fourth-order valence-corrected chi connectivity index (χ4v) is 11.2. The van der Waals surface area contributed by atoms with Gasteiger partial charge in [0.2, 0.25) is 0 Å². The molecular weight excluding hydrogens is 713 g/mol. The van der Waals surface area contributed by atoms with E-state index in [4.69, 9.17) is 4.98 Å². The number of fused-ring (bicyclic) bond motifs is 8. The van der Waals surface area contributed by atoms with E-state index in [2.05, 4.69) is 190 Å². The third-order valence-electron chi connectivity index (χ3n) is 14.1. The first-order valence-corrected chi connectivity index (χ1v) is 21.4. The van der Waals surface area contributed by atoms with Crippen LogP contribution in [0.25, 0.3) is 88.6 Å². The SMILES string of the molecule is CC1(C)C2=C(C=CCC2)c2cc3c(-c4ccc(-c5nc6ccccc6n5C5=CCCC=C5)cc4)c4cc5c(cc4c(-c4ccccc4)c3cc21)-c1ccccc1C5(C)C.